The highest BCUT2D eigenvalue weighted by Gasteiger charge is 2.28. The third-order valence-electron chi connectivity index (χ3n) is 4.68. The summed E-state index contributed by atoms with van der Waals surface area (Å²) < 4.78 is 0. The van der Waals surface area contributed by atoms with Gasteiger partial charge in [-0.2, -0.15) is 0 Å². The zero-order valence-corrected chi connectivity index (χ0v) is 15.3. The third kappa shape index (κ3) is 6.07. The van der Waals surface area contributed by atoms with Crippen molar-refractivity contribution in [3.05, 3.63) is 35.9 Å². The SMILES string of the molecule is B.CC(C)CP(CC(C)C)C1CCC(c2ccccc2)CC1. The van der Waals surface area contributed by atoms with E-state index in [1.54, 1.807) is 5.56 Å². The molecule has 0 N–H and O–H groups in total. The van der Waals surface area contributed by atoms with Crippen LogP contribution in [0, 0.1) is 11.8 Å². The molecule has 0 radical (unpaired) electrons. The summed E-state index contributed by atoms with van der Waals surface area (Å²) in [7, 11) is 0.254. The minimum atomic E-state index is 0. The normalized spacial score (nSPS) is 22.1. The average molecular weight is 318 g/mol. The first-order chi connectivity index (χ1) is 10.1. The summed E-state index contributed by atoms with van der Waals surface area (Å²) in [5, 5.41) is 0. The van der Waals surface area contributed by atoms with Crippen molar-refractivity contribution in [1.29, 1.82) is 0 Å². The van der Waals surface area contributed by atoms with Crippen LogP contribution < -0.4 is 0 Å². The van der Waals surface area contributed by atoms with Crippen molar-refractivity contribution >= 4 is 16.3 Å². The fraction of sp³-hybridized carbons (Fsp3) is 0.700. The monoisotopic (exact) mass is 318 g/mol. The molecule has 1 aliphatic carbocycles. The summed E-state index contributed by atoms with van der Waals surface area (Å²) in [6, 6.07) is 11.2. The van der Waals surface area contributed by atoms with E-state index < -0.39 is 0 Å². The summed E-state index contributed by atoms with van der Waals surface area (Å²) in [6.07, 6.45) is 8.78. The lowest BCUT2D eigenvalue weighted by Gasteiger charge is -2.36. The van der Waals surface area contributed by atoms with E-state index in [1.165, 1.54) is 38.0 Å². The second-order valence-corrected chi connectivity index (χ2v) is 10.3. The molecular formula is C20H36BP. The van der Waals surface area contributed by atoms with E-state index >= 15 is 0 Å². The maximum absolute atomic E-state index is 2.41. The average Bonchev–Trinajstić information content (AvgIpc) is 2.47. The van der Waals surface area contributed by atoms with Gasteiger partial charge in [0, 0.05) is 0 Å². The van der Waals surface area contributed by atoms with Crippen molar-refractivity contribution in [3.63, 3.8) is 0 Å². The lowest BCUT2D eigenvalue weighted by atomic mass is 9.84. The highest BCUT2D eigenvalue weighted by molar-refractivity contribution is 7.58. The van der Waals surface area contributed by atoms with Crippen LogP contribution in [-0.4, -0.2) is 26.4 Å². The molecule has 0 heterocycles. The highest BCUT2D eigenvalue weighted by atomic mass is 31.1. The number of benzene rings is 1. The molecule has 0 spiro atoms. The van der Waals surface area contributed by atoms with E-state index in [4.69, 9.17) is 0 Å². The van der Waals surface area contributed by atoms with E-state index in [0.29, 0.717) is 0 Å². The number of hydrogen-bond donors (Lipinski definition) is 0. The first kappa shape index (κ1) is 19.8. The Morgan fingerprint density at radius 1 is 0.864 bits per heavy atom. The second-order valence-electron chi connectivity index (χ2n) is 7.66. The lowest BCUT2D eigenvalue weighted by molar-refractivity contribution is 0.447. The summed E-state index contributed by atoms with van der Waals surface area (Å²) in [4.78, 5) is 0. The molecule has 0 atom stereocenters. The Kier molecular flexibility index (Phi) is 8.77. The van der Waals surface area contributed by atoms with Gasteiger partial charge in [-0.05, 0) is 67.0 Å². The fourth-order valence-corrected chi connectivity index (χ4v) is 7.46. The quantitative estimate of drug-likeness (QED) is 0.492. The zero-order chi connectivity index (χ0) is 15.2. The van der Waals surface area contributed by atoms with Crippen LogP contribution in [0.15, 0.2) is 30.3 Å². The molecule has 124 valence electrons. The van der Waals surface area contributed by atoms with Gasteiger partial charge in [0.25, 0.3) is 0 Å². The molecule has 1 fully saturated rings. The predicted molar refractivity (Wildman–Crippen MR) is 108 cm³/mol. The van der Waals surface area contributed by atoms with Crippen molar-refractivity contribution in [3.8, 4) is 0 Å². The molecule has 1 aromatic carbocycles. The fourth-order valence-electron chi connectivity index (χ4n) is 3.81. The Hall–Kier alpha value is -0.285. The number of hydrogen-bond acceptors (Lipinski definition) is 0. The van der Waals surface area contributed by atoms with E-state index in [9.17, 15) is 0 Å². The third-order valence-corrected chi connectivity index (χ3v) is 8.63. The molecular weight excluding hydrogens is 282 g/mol. The van der Waals surface area contributed by atoms with Crippen LogP contribution in [0.25, 0.3) is 0 Å². The minimum Gasteiger partial charge on any atom is -0.103 e. The highest BCUT2D eigenvalue weighted by Crippen LogP contribution is 2.52. The van der Waals surface area contributed by atoms with Gasteiger partial charge in [0.05, 0.1) is 8.41 Å². The van der Waals surface area contributed by atoms with Crippen molar-refractivity contribution in [2.24, 2.45) is 11.8 Å². The maximum Gasteiger partial charge on any atom is 0.0814 e. The molecule has 2 rings (SSSR count). The van der Waals surface area contributed by atoms with Crippen LogP contribution in [0.3, 0.4) is 0 Å². The molecule has 22 heavy (non-hydrogen) atoms. The summed E-state index contributed by atoms with van der Waals surface area (Å²) in [5.41, 5.74) is 2.62. The van der Waals surface area contributed by atoms with Crippen LogP contribution in [0.4, 0.5) is 0 Å². The van der Waals surface area contributed by atoms with Crippen LogP contribution in [0.1, 0.15) is 64.9 Å². The largest absolute Gasteiger partial charge is 0.103 e. The van der Waals surface area contributed by atoms with Gasteiger partial charge in [0.1, 0.15) is 0 Å². The van der Waals surface area contributed by atoms with Gasteiger partial charge >= 0.3 is 0 Å². The molecule has 0 amide bonds. The first-order valence-corrected chi connectivity index (χ1v) is 10.6. The lowest BCUT2D eigenvalue weighted by Crippen LogP contribution is -2.20. The maximum atomic E-state index is 2.41. The molecule has 0 nitrogen and oxygen atoms in total. The van der Waals surface area contributed by atoms with Crippen LogP contribution in [-0.2, 0) is 0 Å². The Labute approximate surface area is 141 Å². The van der Waals surface area contributed by atoms with Crippen LogP contribution >= 0.6 is 7.92 Å². The molecule has 0 bridgehead atoms. The summed E-state index contributed by atoms with van der Waals surface area (Å²) >= 11 is 0. The summed E-state index contributed by atoms with van der Waals surface area (Å²) in [5.74, 6) is 2.58. The van der Waals surface area contributed by atoms with Gasteiger partial charge in [0.2, 0.25) is 0 Å². The van der Waals surface area contributed by atoms with Gasteiger partial charge in [-0.15, -0.1) is 7.92 Å². The molecule has 0 aliphatic heterocycles. The predicted octanol–water partition coefficient (Wildman–Crippen LogP) is 5.32. The number of rotatable bonds is 6. The van der Waals surface area contributed by atoms with Crippen molar-refractivity contribution in [1.82, 2.24) is 0 Å². The molecule has 0 saturated heterocycles. The Balaban J connectivity index is 0.00000242. The molecule has 0 unspecified atom stereocenters. The molecule has 0 aromatic heterocycles. The standard InChI is InChI=1S/C20H33P.BH3/c1-16(2)14-21(15-17(3)4)20-12-10-19(11-13-20)18-8-6-5-7-9-18;/h5-9,16-17,19-20H,10-15H2,1-4H3;1H3. The van der Waals surface area contributed by atoms with Crippen molar-refractivity contribution in [2.75, 3.05) is 12.3 Å². The Morgan fingerprint density at radius 2 is 1.36 bits per heavy atom. The van der Waals surface area contributed by atoms with E-state index in [0.717, 1.165) is 23.4 Å². The molecule has 2 heteroatoms. The van der Waals surface area contributed by atoms with Gasteiger partial charge in [-0.1, -0.05) is 58.0 Å². The van der Waals surface area contributed by atoms with E-state index in [1.807, 2.05) is 0 Å². The molecule has 1 saturated carbocycles. The van der Waals surface area contributed by atoms with Gasteiger partial charge < -0.3 is 0 Å². The van der Waals surface area contributed by atoms with E-state index in [2.05, 4.69) is 58.0 Å². The van der Waals surface area contributed by atoms with Gasteiger partial charge in [0.15, 0.2) is 0 Å². The first-order valence-electron chi connectivity index (χ1n) is 8.85. The smallest absolute Gasteiger partial charge is 0.0814 e. The zero-order valence-electron chi connectivity index (χ0n) is 14.4. The van der Waals surface area contributed by atoms with Gasteiger partial charge in [-0.3, -0.25) is 0 Å². The minimum absolute atomic E-state index is 0. The molecule has 1 aromatic rings. The van der Waals surface area contributed by atoms with Crippen LogP contribution in [0.5, 0.6) is 0 Å². The van der Waals surface area contributed by atoms with Crippen molar-refractivity contribution < 1.29 is 0 Å². The Bertz CT molecular complexity index is 383. The Morgan fingerprint density at radius 3 is 1.82 bits per heavy atom. The van der Waals surface area contributed by atoms with Crippen molar-refractivity contribution in [2.45, 2.75) is 65.0 Å². The molecule has 1 aliphatic rings. The van der Waals surface area contributed by atoms with Gasteiger partial charge in [-0.25, -0.2) is 0 Å². The second kappa shape index (κ2) is 9.76. The topological polar surface area (TPSA) is 0 Å². The van der Waals surface area contributed by atoms with Crippen LogP contribution in [0.2, 0.25) is 0 Å². The summed E-state index contributed by atoms with van der Waals surface area (Å²) in [6.45, 7) is 9.63. The van der Waals surface area contributed by atoms with E-state index in [-0.39, 0.29) is 16.3 Å².